The van der Waals surface area contributed by atoms with Crippen molar-refractivity contribution in [3.63, 3.8) is 0 Å². The van der Waals surface area contributed by atoms with Crippen molar-refractivity contribution < 1.29 is 33.0 Å². The Hall–Kier alpha value is -2.98. The summed E-state index contributed by atoms with van der Waals surface area (Å²) in [6.45, 7) is 2.12. The van der Waals surface area contributed by atoms with Crippen molar-refractivity contribution >= 4 is 11.8 Å². The lowest BCUT2D eigenvalue weighted by Crippen LogP contribution is -2.54. The highest BCUT2D eigenvalue weighted by Gasteiger charge is 2.45. The molecule has 4 rings (SSSR count). The average molecular weight is 435 g/mol. The Morgan fingerprint density at radius 2 is 2.13 bits per heavy atom. The van der Waals surface area contributed by atoms with Crippen LogP contribution < -0.4 is 5.32 Å². The van der Waals surface area contributed by atoms with Crippen LogP contribution in [0.3, 0.4) is 0 Å². The second kappa shape index (κ2) is 8.64. The van der Waals surface area contributed by atoms with Crippen molar-refractivity contribution in [2.24, 2.45) is 0 Å². The van der Waals surface area contributed by atoms with Gasteiger partial charge in [0.25, 0.3) is 11.8 Å². The van der Waals surface area contributed by atoms with Gasteiger partial charge in [0.05, 0.1) is 31.4 Å². The number of benzene rings is 1. The maximum absolute atomic E-state index is 13.8. The van der Waals surface area contributed by atoms with Gasteiger partial charge in [-0.2, -0.15) is 0 Å². The van der Waals surface area contributed by atoms with E-state index in [9.17, 15) is 23.5 Å². The summed E-state index contributed by atoms with van der Waals surface area (Å²) in [5.74, 6) is -2.59. The third kappa shape index (κ3) is 4.13. The number of rotatable bonds is 4. The minimum absolute atomic E-state index is 0.0507. The van der Waals surface area contributed by atoms with E-state index in [0.717, 1.165) is 18.6 Å². The van der Waals surface area contributed by atoms with Gasteiger partial charge in [0.15, 0.2) is 6.23 Å². The third-order valence-corrected chi connectivity index (χ3v) is 5.56. The number of nitrogens with one attached hydrogen (secondary N) is 1. The number of carbonyl (C=O) groups is 2. The molecule has 0 aliphatic carbocycles. The Kier molecular flexibility index (Phi) is 5.92. The fourth-order valence-electron chi connectivity index (χ4n) is 3.91. The van der Waals surface area contributed by atoms with E-state index in [-0.39, 0.29) is 60.8 Å². The monoisotopic (exact) mass is 435 g/mol. The van der Waals surface area contributed by atoms with Gasteiger partial charge < -0.3 is 29.7 Å². The molecule has 0 unspecified atom stereocenters. The standard InChI is InChI=1S/C21H23F2N3O5/c1-2-15-10-31-18-8-25-7-13(9-30-11-17(27)19(25)21(29)26(15)18)20(28)24-6-12-3-4-14(22)5-16(12)23/h3-5,7,15,18,27H,2,6,8-11H2,1H3,(H,24,28)/b13-7+,19-17+/t15-,18+/m0/s1. The van der Waals surface area contributed by atoms with Crippen LogP contribution in [0.2, 0.25) is 0 Å². The lowest BCUT2D eigenvalue weighted by molar-refractivity contribution is -0.141. The van der Waals surface area contributed by atoms with E-state index >= 15 is 0 Å². The number of fused-ring (bicyclic) bond motifs is 2. The lowest BCUT2D eigenvalue weighted by atomic mass is 10.1. The Morgan fingerprint density at radius 1 is 1.32 bits per heavy atom. The molecule has 2 amide bonds. The molecule has 2 N–H and O–H groups in total. The molecule has 3 aliphatic rings. The van der Waals surface area contributed by atoms with Gasteiger partial charge in [-0.05, 0) is 12.5 Å². The Labute approximate surface area is 177 Å². The van der Waals surface area contributed by atoms with Crippen LogP contribution in [0.15, 0.2) is 41.4 Å². The lowest BCUT2D eigenvalue weighted by Gasteiger charge is -2.40. The fourth-order valence-corrected chi connectivity index (χ4v) is 3.91. The van der Waals surface area contributed by atoms with Crippen LogP contribution in [0.4, 0.5) is 8.78 Å². The number of aliphatic hydroxyl groups is 1. The predicted molar refractivity (Wildman–Crippen MR) is 104 cm³/mol. The topological polar surface area (TPSA) is 91.3 Å². The van der Waals surface area contributed by atoms with Gasteiger partial charge in [0.1, 0.15) is 29.7 Å². The molecule has 31 heavy (non-hydrogen) atoms. The van der Waals surface area contributed by atoms with E-state index in [2.05, 4.69) is 5.32 Å². The number of nitrogens with zero attached hydrogens (tertiary/aromatic N) is 2. The molecule has 0 saturated carbocycles. The zero-order valence-electron chi connectivity index (χ0n) is 16.9. The molecule has 10 heteroatoms. The smallest absolute Gasteiger partial charge is 0.276 e. The molecule has 2 saturated heterocycles. The number of piperazine rings is 1. The van der Waals surface area contributed by atoms with Gasteiger partial charge in [-0.25, -0.2) is 8.78 Å². The maximum Gasteiger partial charge on any atom is 0.276 e. The summed E-state index contributed by atoms with van der Waals surface area (Å²) in [5, 5.41) is 13.0. The van der Waals surface area contributed by atoms with Crippen molar-refractivity contribution in [3.05, 3.63) is 58.6 Å². The SMILES string of the molecule is CC[C@H]1CO[C@@H]2CN3/C=C(/C(=O)NCc4ccc(F)cc4F)COC/C(O)=C\3C(=O)N12. The number of hydrogen-bond acceptors (Lipinski definition) is 6. The highest BCUT2D eigenvalue weighted by Crippen LogP contribution is 2.31. The molecule has 3 aliphatic heterocycles. The molecule has 8 nitrogen and oxygen atoms in total. The van der Waals surface area contributed by atoms with Crippen LogP contribution in [0, 0.1) is 11.6 Å². The summed E-state index contributed by atoms with van der Waals surface area (Å²) in [4.78, 5) is 28.9. The summed E-state index contributed by atoms with van der Waals surface area (Å²) in [5.41, 5.74) is 0.377. The second-order valence-corrected chi connectivity index (χ2v) is 7.58. The van der Waals surface area contributed by atoms with Crippen molar-refractivity contribution in [2.75, 3.05) is 26.4 Å². The van der Waals surface area contributed by atoms with Crippen molar-refractivity contribution in [1.29, 1.82) is 0 Å². The maximum atomic E-state index is 13.8. The Balaban J connectivity index is 1.54. The highest BCUT2D eigenvalue weighted by molar-refractivity contribution is 5.96. The molecule has 0 aromatic heterocycles. The van der Waals surface area contributed by atoms with E-state index in [1.165, 1.54) is 17.2 Å². The minimum Gasteiger partial charge on any atom is -0.507 e. The van der Waals surface area contributed by atoms with Crippen molar-refractivity contribution in [2.45, 2.75) is 32.2 Å². The number of carbonyl (C=O) groups excluding carboxylic acids is 2. The zero-order valence-corrected chi connectivity index (χ0v) is 16.9. The molecule has 1 aromatic rings. The first-order chi connectivity index (χ1) is 14.9. The highest BCUT2D eigenvalue weighted by atomic mass is 19.1. The van der Waals surface area contributed by atoms with Crippen LogP contribution >= 0.6 is 0 Å². The first-order valence-electron chi connectivity index (χ1n) is 10.0. The molecule has 0 radical (unpaired) electrons. The van der Waals surface area contributed by atoms with Crippen molar-refractivity contribution in [3.8, 4) is 0 Å². The molecule has 1 aromatic carbocycles. The second-order valence-electron chi connectivity index (χ2n) is 7.58. The van der Waals surface area contributed by atoms with Gasteiger partial charge in [0.2, 0.25) is 0 Å². The molecule has 0 spiro atoms. The molecular formula is C21H23F2N3O5. The number of ether oxygens (including phenoxy) is 2. The van der Waals surface area contributed by atoms with Gasteiger partial charge in [0, 0.05) is 24.4 Å². The molecule has 2 fully saturated rings. The predicted octanol–water partition coefficient (Wildman–Crippen LogP) is 1.54. The number of halogens is 2. The van der Waals surface area contributed by atoms with E-state index in [1.54, 1.807) is 4.90 Å². The molecule has 0 bridgehead atoms. The van der Waals surface area contributed by atoms with Crippen LogP contribution in [0.25, 0.3) is 0 Å². The quantitative estimate of drug-likeness (QED) is 0.746. The largest absolute Gasteiger partial charge is 0.507 e. The van der Waals surface area contributed by atoms with Crippen molar-refractivity contribution in [1.82, 2.24) is 15.1 Å². The van der Waals surface area contributed by atoms with E-state index in [1.807, 2.05) is 6.92 Å². The third-order valence-electron chi connectivity index (χ3n) is 5.56. The van der Waals surface area contributed by atoms with Gasteiger partial charge >= 0.3 is 0 Å². The molecule has 3 heterocycles. The Morgan fingerprint density at radius 3 is 2.87 bits per heavy atom. The fraction of sp³-hybridized carbons (Fsp3) is 0.429. The van der Waals surface area contributed by atoms with Gasteiger partial charge in [-0.3, -0.25) is 9.59 Å². The average Bonchev–Trinajstić information content (AvgIpc) is 3.14. The molecule has 2 atom stereocenters. The first kappa shape index (κ1) is 21.3. The summed E-state index contributed by atoms with van der Waals surface area (Å²) in [6.07, 6.45) is 1.68. The minimum atomic E-state index is -0.760. The first-order valence-corrected chi connectivity index (χ1v) is 10.0. The van der Waals surface area contributed by atoms with Crippen LogP contribution in [-0.4, -0.2) is 65.4 Å². The van der Waals surface area contributed by atoms with Gasteiger partial charge in [-0.15, -0.1) is 0 Å². The molecule has 166 valence electrons. The van der Waals surface area contributed by atoms with Crippen LogP contribution in [0.5, 0.6) is 0 Å². The van der Waals surface area contributed by atoms with Crippen LogP contribution in [-0.2, 0) is 25.6 Å². The zero-order chi connectivity index (χ0) is 22.1. The summed E-state index contributed by atoms with van der Waals surface area (Å²) < 4.78 is 38.0. The normalized spacial score (nSPS) is 27.7. The summed E-state index contributed by atoms with van der Waals surface area (Å²) in [7, 11) is 0. The molecular weight excluding hydrogens is 412 g/mol. The van der Waals surface area contributed by atoms with E-state index < -0.39 is 23.8 Å². The summed E-state index contributed by atoms with van der Waals surface area (Å²) in [6, 6.07) is 3.03. The van der Waals surface area contributed by atoms with E-state index in [4.69, 9.17) is 9.47 Å². The number of aliphatic hydroxyl groups excluding tert-OH is 1. The summed E-state index contributed by atoms with van der Waals surface area (Å²) >= 11 is 0. The van der Waals surface area contributed by atoms with E-state index in [0.29, 0.717) is 6.61 Å². The van der Waals surface area contributed by atoms with Gasteiger partial charge in [-0.1, -0.05) is 13.0 Å². The number of hydrogen-bond donors (Lipinski definition) is 2. The van der Waals surface area contributed by atoms with Crippen LogP contribution in [0.1, 0.15) is 18.9 Å². The Bertz CT molecular complexity index is 964. The number of amides is 2.